The number of ether oxygens (including phenoxy) is 2. The van der Waals surface area contributed by atoms with Crippen molar-refractivity contribution in [3.63, 3.8) is 0 Å². The van der Waals surface area contributed by atoms with Gasteiger partial charge in [0.2, 0.25) is 0 Å². The fraction of sp³-hybridized carbons (Fsp3) is 0.500. The number of ketones is 1. The van der Waals surface area contributed by atoms with Gasteiger partial charge >= 0.3 is 0 Å². The number of fused-ring (bicyclic) bond motifs is 1. The van der Waals surface area contributed by atoms with E-state index in [1.54, 1.807) is 20.1 Å². The molecule has 3 heteroatoms. The summed E-state index contributed by atoms with van der Waals surface area (Å²) < 4.78 is 11.2. The summed E-state index contributed by atoms with van der Waals surface area (Å²) in [5, 5.41) is 0. The Bertz CT molecular complexity index is 475. The molecule has 0 bridgehead atoms. The van der Waals surface area contributed by atoms with Crippen molar-refractivity contribution in [2.45, 2.75) is 39.2 Å². The minimum absolute atomic E-state index is 0.00468. The van der Waals surface area contributed by atoms with Crippen LogP contribution in [0, 0.1) is 0 Å². The highest BCUT2D eigenvalue weighted by Crippen LogP contribution is 2.47. The summed E-state index contributed by atoms with van der Waals surface area (Å²) in [4.78, 5) is 11.7. The van der Waals surface area contributed by atoms with E-state index in [4.69, 9.17) is 9.47 Å². The molecule has 3 nitrogen and oxygen atoms in total. The average molecular weight is 234 g/mol. The van der Waals surface area contributed by atoms with Crippen LogP contribution >= 0.6 is 0 Å². The third-order valence-corrected chi connectivity index (χ3v) is 3.58. The highest BCUT2D eigenvalue weighted by Gasteiger charge is 2.40. The van der Waals surface area contributed by atoms with Crippen LogP contribution in [0.1, 0.15) is 49.5 Å². The predicted molar refractivity (Wildman–Crippen MR) is 66.1 cm³/mol. The van der Waals surface area contributed by atoms with Crippen LogP contribution in [-0.4, -0.2) is 18.5 Å². The van der Waals surface area contributed by atoms with Gasteiger partial charge in [0.25, 0.3) is 0 Å². The molecule has 0 radical (unpaired) electrons. The molecule has 1 unspecified atom stereocenters. The Labute approximate surface area is 102 Å². The number of hydrogen-bond acceptors (Lipinski definition) is 3. The average Bonchev–Trinajstić information content (AvgIpc) is 2.49. The monoisotopic (exact) mass is 234 g/mol. The van der Waals surface area contributed by atoms with Gasteiger partial charge in [-0.1, -0.05) is 6.92 Å². The van der Waals surface area contributed by atoms with E-state index in [0.29, 0.717) is 11.3 Å². The van der Waals surface area contributed by atoms with E-state index in [-0.39, 0.29) is 17.3 Å². The van der Waals surface area contributed by atoms with Crippen molar-refractivity contribution in [2.24, 2.45) is 0 Å². The van der Waals surface area contributed by atoms with Crippen molar-refractivity contribution in [2.75, 3.05) is 7.11 Å². The molecule has 1 aliphatic heterocycles. The molecule has 1 aromatic rings. The molecule has 0 fully saturated rings. The Morgan fingerprint density at radius 1 is 1.41 bits per heavy atom. The van der Waals surface area contributed by atoms with Gasteiger partial charge in [0.1, 0.15) is 17.1 Å². The summed E-state index contributed by atoms with van der Waals surface area (Å²) in [6.07, 6.45) is 0. The second-order valence-electron chi connectivity index (χ2n) is 5.08. The standard InChI is InChI=1S/C14H18O3/c1-8-11-6-10(16-5)7-12(9(2)15)13(11)17-14(8,3)4/h6-8H,1-5H3. The second-order valence-corrected chi connectivity index (χ2v) is 5.08. The first-order chi connectivity index (χ1) is 7.86. The Morgan fingerprint density at radius 2 is 2.06 bits per heavy atom. The minimum Gasteiger partial charge on any atom is -0.497 e. The van der Waals surface area contributed by atoms with Gasteiger partial charge in [-0.25, -0.2) is 0 Å². The first-order valence-electron chi connectivity index (χ1n) is 5.78. The smallest absolute Gasteiger partial charge is 0.163 e. The summed E-state index contributed by atoms with van der Waals surface area (Å²) in [6, 6.07) is 3.70. The zero-order valence-corrected chi connectivity index (χ0v) is 11.0. The molecule has 92 valence electrons. The van der Waals surface area contributed by atoms with Crippen LogP contribution in [0.2, 0.25) is 0 Å². The highest BCUT2D eigenvalue weighted by atomic mass is 16.5. The molecule has 0 N–H and O–H groups in total. The van der Waals surface area contributed by atoms with Gasteiger partial charge < -0.3 is 9.47 Å². The van der Waals surface area contributed by atoms with E-state index in [1.807, 2.05) is 19.9 Å². The molecule has 0 aromatic heterocycles. The first-order valence-corrected chi connectivity index (χ1v) is 5.78. The Hall–Kier alpha value is -1.51. The van der Waals surface area contributed by atoms with E-state index in [2.05, 4.69) is 6.92 Å². The number of rotatable bonds is 2. The number of methoxy groups -OCH3 is 1. The molecule has 2 rings (SSSR count). The topological polar surface area (TPSA) is 35.5 Å². The van der Waals surface area contributed by atoms with Crippen LogP contribution in [0.25, 0.3) is 0 Å². The van der Waals surface area contributed by atoms with Crippen molar-refractivity contribution >= 4 is 5.78 Å². The van der Waals surface area contributed by atoms with Crippen LogP contribution in [-0.2, 0) is 0 Å². The minimum atomic E-state index is -0.279. The molecule has 0 aliphatic carbocycles. The summed E-state index contributed by atoms with van der Waals surface area (Å²) >= 11 is 0. The molecular weight excluding hydrogens is 216 g/mol. The lowest BCUT2D eigenvalue weighted by atomic mass is 9.88. The largest absolute Gasteiger partial charge is 0.497 e. The lowest BCUT2D eigenvalue weighted by Crippen LogP contribution is -2.28. The van der Waals surface area contributed by atoms with Crippen LogP contribution in [0.4, 0.5) is 0 Å². The molecule has 0 saturated heterocycles. The Kier molecular flexibility index (Phi) is 2.64. The van der Waals surface area contributed by atoms with Gasteiger partial charge in [-0.05, 0) is 32.9 Å². The number of hydrogen-bond donors (Lipinski definition) is 0. The molecule has 0 amide bonds. The lowest BCUT2D eigenvalue weighted by molar-refractivity contribution is 0.0982. The Balaban J connectivity index is 2.64. The summed E-state index contributed by atoms with van der Waals surface area (Å²) in [6.45, 7) is 7.73. The van der Waals surface area contributed by atoms with Crippen LogP contribution < -0.4 is 9.47 Å². The molecule has 0 saturated carbocycles. The number of carbonyl (C=O) groups is 1. The summed E-state index contributed by atoms with van der Waals surface area (Å²) in [5.74, 6) is 1.67. The fourth-order valence-corrected chi connectivity index (χ4v) is 2.16. The molecular formula is C14H18O3. The van der Waals surface area contributed by atoms with Crippen molar-refractivity contribution in [3.05, 3.63) is 23.3 Å². The normalized spacial score (nSPS) is 20.6. The number of carbonyl (C=O) groups excluding carboxylic acids is 1. The first kappa shape index (κ1) is 12.0. The summed E-state index contributed by atoms with van der Waals surface area (Å²) in [5.41, 5.74) is 1.38. The van der Waals surface area contributed by atoms with Crippen molar-refractivity contribution in [3.8, 4) is 11.5 Å². The molecule has 1 atom stereocenters. The van der Waals surface area contributed by atoms with E-state index < -0.39 is 0 Å². The van der Waals surface area contributed by atoms with Crippen LogP contribution in [0.5, 0.6) is 11.5 Å². The zero-order valence-electron chi connectivity index (χ0n) is 11.0. The molecule has 17 heavy (non-hydrogen) atoms. The third-order valence-electron chi connectivity index (χ3n) is 3.58. The maximum absolute atomic E-state index is 11.7. The predicted octanol–water partition coefficient (Wildman–Crippen LogP) is 3.17. The third kappa shape index (κ3) is 1.79. The Morgan fingerprint density at radius 3 is 2.59 bits per heavy atom. The van der Waals surface area contributed by atoms with E-state index in [0.717, 1.165) is 11.3 Å². The number of benzene rings is 1. The van der Waals surface area contributed by atoms with E-state index in [9.17, 15) is 4.79 Å². The molecule has 0 spiro atoms. The van der Waals surface area contributed by atoms with Crippen molar-refractivity contribution < 1.29 is 14.3 Å². The quantitative estimate of drug-likeness (QED) is 0.737. The van der Waals surface area contributed by atoms with Crippen LogP contribution in [0.3, 0.4) is 0 Å². The summed E-state index contributed by atoms with van der Waals surface area (Å²) in [7, 11) is 1.61. The van der Waals surface area contributed by atoms with Gasteiger partial charge in [-0.15, -0.1) is 0 Å². The molecule has 1 heterocycles. The van der Waals surface area contributed by atoms with Crippen molar-refractivity contribution in [1.82, 2.24) is 0 Å². The molecule has 1 aliphatic rings. The highest BCUT2D eigenvalue weighted by molar-refractivity contribution is 5.98. The fourth-order valence-electron chi connectivity index (χ4n) is 2.16. The zero-order chi connectivity index (χ0) is 12.8. The maximum atomic E-state index is 11.7. The van der Waals surface area contributed by atoms with Crippen molar-refractivity contribution in [1.29, 1.82) is 0 Å². The van der Waals surface area contributed by atoms with E-state index >= 15 is 0 Å². The number of Topliss-reactive ketones (excluding diaryl/α,β-unsaturated/α-hetero) is 1. The maximum Gasteiger partial charge on any atom is 0.163 e. The second kappa shape index (κ2) is 3.76. The van der Waals surface area contributed by atoms with Gasteiger partial charge in [0.05, 0.1) is 12.7 Å². The van der Waals surface area contributed by atoms with Gasteiger partial charge in [0, 0.05) is 11.5 Å². The van der Waals surface area contributed by atoms with E-state index in [1.165, 1.54) is 0 Å². The van der Waals surface area contributed by atoms with Gasteiger partial charge in [-0.3, -0.25) is 4.79 Å². The van der Waals surface area contributed by atoms with Crippen LogP contribution in [0.15, 0.2) is 12.1 Å². The van der Waals surface area contributed by atoms with Gasteiger partial charge in [-0.2, -0.15) is 0 Å². The molecule has 1 aromatic carbocycles. The SMILES string of the molecule is COc1cc(C(C)=O)c2c(c1)C(C)C(C)(C)O2. The lowest BCUT2D eigenvalue weighted by Gasteiger charge is -2.23. The van der Waals surface area contributed by atoms with Gasteiger partial charge in [0.15, 0.2) is 5.78 Å².